The first-order chi connectivity index (χ1) is 9.72. The van der Waals surface area contributed by atoms with Gasteiger partial charge in [-0.05, 0) is 12.1 Å². The van der Waals surface area contributed by atoms with Crippen molar-refractivity contribution in [3.63, 3.8) is 0 Å². The molecule has 2 heterocycles. The van der Waals surface area contributed by atoms with Crippen LogP contribution in [0.2, 0.25) is 5.02 Å². The second kappa shape index (κ2) is 5.35. The molecule has 0 radical (unpaired) electrons. The summed E-state index contributed by atoms with van der Waals surface area (Å²) in [6, 6.07) is 10.7. The first kappa shape index (κ1) is 12.7. The van der Waals surface area contributed by atoms with Gasteiger partial charge in [0.1, 0.15) is 11.3 Å². The summed E-state index contributed by atoms with van der Waals surface area (Å²) >= 11 is 5.78. The summed E-state index contributed by atoms with van der Waals surface area (Å²) in [6.45, 7) is -0.123. The topological polar surface area (TPSA) is 52.3 Å². The standard InChI is InChI=1S/C15H10ClNO3/c16-11-6-12(8-17-7-11)19-9-13(18)15-5-10-3-1-2-4-14(10)20-15/h1-8H,9H2. The number of fused-ring (bicyclic) bond motifs is 1. The Kier molecular flexibility index (Phi) is 3.39. The number of carbonyl (C=O) groups is 1. The molecule has 0 saturated carbocycles. The molecule has 100 valence electrons. The molecular formula is C15H10ClNO3. The number of rotatable bonds is 4. The number of halogens is 1. The maximum Gasteiger partial charge on any atom is 0.235 e. The molecule has 4 nitrogen and oxygen atoms in total. The largest absolute Gasteiger partial charge is 0.484 e. The average molecular weight is 288 g/mol. The van der Waals surface area contributed by atoms with Crippen molar-refractivity contribution in [2.45, 2.75) is 0 Å². The van der Waals surface area contributed by atoms with Crippen molar-refractivity contribution in [3.05, 3.63) is 59.6 Å². The van der Waals surface area contributed by atoms with Crippen LogP contribution in [0.1, 0.15) is 10.6 Å². The summed E-state index contributed by atoms with van der Waals surface area (Å²) in [5, 5.41) is 1.35. The highest BCUT2D eigenvalue weighted by molar-refractivity contribution is 6.30. The highest BCUT2D eigenvalue weighted by Gasteiger charge is 2.13. The molecular weight excluding hydrogens is 278 g/mol. The van der Waals surface area contributed by atoms with Crippen LogP contribution in [0.4, 0.5) is 0 Å². The smallest absolute Gasteiger partial charge is 0.235 e. The van der Waals surface area contributed by atoms with Crippen LogP contribution in [0, 0.1) is 0 Å². The molecule has 0 aliphatic rings. The van der Waals surface area contributed by atoms with Crippen molar-refractivity contribution < 1.29 is 13.9 Å². The number of ketones is 1. The third-order valence-corrected chi connectivity index (χ3v) is 2.96. The van der Waals surface area contributed by atoms with Crippen LogP contribution in [0.15, 0.2) is 53.2 Å². The van der Waals surface area contributed by atoms with Crippen LogP contribution in [-0.2, 0) is 0 Å². The van der Waals surface area contributed by atoms with Gasteiger partial charge in [-0.2, -0.15) is 0 Å². The Labute approximate surface area is 119 Å². The Balaban J connectivity index is 1.73. The number of aromatic nitrogens is 1. The molecule has 1 aromatic carbocycles. The zero-order valence-electron chi connectivity index (χ0n) is 10.4. The molecule has 0 spiro atoms. The minimum Gasteiger partial charge on any atom is -0.484 e. The van der Waals surface area contributed by atoms with E-state index >= 15 is 0 Å². The van der Waals surface area contributed by atoms with Crippen LogP contribution in [0.25, 0.3) is 11.0 Å². The van der Waals surface area contributed by atoms with E-state index in [1.54, 1.807) is 12.1 Å². The number of Topliss-reactive ketones (excluding diaryl/α,β-unsaturated/α-hetero) is 1. The molecule has 0 fully saturated rings. The normalized spacial score (nSPS) is 10.7. The van der Waals surface area contributed by atoms with Crippen molar-refractivity contribution >= 4 is 28.4 Å². The number of carbonyl (C=O) groups excluding carboxylic acids is 1. The summed E-state index contributed by atoms with van der Waals surface area (Å²) in [4.78, 5) is 15.9. The minimum absolute atomic E-state index is 0.123. The van der Waals surface area contributed by atoms with Crippen molar-refractivity contribution in [3.8, 4) is 5.75 Å². The van der Waals surface area contributed by atoms with E-state index in [-0.39, 0.29) is 18.2 Å². The predicted octanol–water partition coefficient (Wildman–Crippen LogP) is 3.74. The van der Waals surface area contributed by atoms with Gasteiger partial charge in [0.15, 0.2) is 12.4 Å². The monoisotopic (exact) mass is 287 g/mol. The fourth-order valence-corrected chi connectivity index (χ4v) is 1.97. The number of nitrogens with zero attached hydrogens (tertiary/aromatic N) is 1. The van der Waals surface area contributed by atoms with E-state index in [2.05, 4.69) is 4.98 Å². The number of benzene rings is 1. The Bertz CT molecular complexity index is 733. The number of furan rings is 1. The van der Waals surface area contributed by atoms with Crippen LogP contribution in [-0.4, -0.2) is 17.4 Å². The van der Waals surface area contributed by atoms with E-state index in [1.165, 1.54) is 12.4 Å². The van der Waals surface area contributed by atoms with E-state index < -0.39 is 0 Å². The van der Waals surface area contributed by atoms with Crippen LogP contribution in [0.3, 0.4) is 0 Å². The van der Waals surface area contributed by atoms with Crippen molar-refractivity contribution in [1.82, 2.24) is 4.98 Å². The zero-order valence-corrected chi connectivity index (χ0v) is 11.1. The van der Waals surface area contributed by atoms with E-state index in [1.807, 2.05) is 24.3 Å². The number of hydrogen-bond donors (Lipinski definition) is 0. The van der Waals surface area contributed by atoms with E-state index in [9.17, 15) is 4.79 Å². The molecule has 5 heteroatoms. The number of pyridine rings is 1. The molecule has 0 saturated heterocycles. The summed E-state index contributed by atoms with van der Waals surface area (Å²) in [5.74, 6) is 0.490. The van der Waals surface area contributed by atoms with Crippen LogP contribution in [0.5, 0.6) is 5.75 Å². The number of ether oxygens (including phenoxy) is 1. The van der Waals surface area contributed by atoms with Gasteiger partial charge in [0.25, 0.3) is 0 Å². The predicted molar refractivity (Wildman–Crippen MR) is 75.3 cm³/mol. The lowest BCUT2D eigenvalue weighted by molar-refractivity contribution is 0.0895. The Morgan fingerprint density at radius 1 is 1.25 bits per heavy atom. The Morgan fingerprint density at radius 2 is 2.10 bits per heavy atom. The summed E-state index contributed by atoms with van der Waals surface area (Å²) in [5.41, 5.74) is 0.681. The molecule has 20 heavy (non-hydrogen) atoms. The first-order valence-electron chi connectivity index (χ1n) is 5.97. The molecule has 0 N–H and O–H groups in total. The number of hydrogen-bond acceptors (Lipinski definition) is 4. The molecule has 3 rings (SSSR count). The summed E-state index contributed by atoms with van der Waals surface area (Å²) < 4.78 is 10.8. The minimum atomic E-state index is -0.235. The maximum absolute atomic E-state index is 12.0. The lowest BCUT2D eigenvalue weighted by atomic mass is 10.2. The highest BCUT2D eigenvalue weighted by Crippen LogP contribution is 2.20. The average Bonchev–Trinajstić information content (AvgIpc) is 2.89. The van der Waals surface area contributed by atoms with Gasteiger partial charge in [0.05, 0.1) is 11.2 Å². The van der Waals surface area contributed by atoms with Gasteiger partial charge in [-0.25, -0.2) is 0 Å². The van der Waals surface area contributed by atoms with Crippen LogP contribution < -0.4 is 4.74 Å². The molecule has 3 aromatic rings. The Morgan fingerprint density at radius 3 is 2.90 bits per heavy atom. The summed E-state index contributed by atoms with van der Waals surface area (Å²) in [7, 11) is 0. The maximum atomic E-state index is 12.0. The Hall–Kier alpha value is -2.33. The van der Waals surface area contributed by atoms with Gasteiger partial charge in [-0.15, -0.1) is 0 Å². The lowest BCUT2D eigenvalue weighted by Crippen LogP contribution is -2.10. The molecule has 0 amide bonds. The summed E-state index contributed by atoms with van der Waals surface area (Å²) in [6.07, 6.45) is 2.99. The van der Waals surface area contributed by atoms with E-state index in [0.29, 0.717) is 16.4 Å². The molecule has 0 unspecified atom stereocenters. The van der Waals surface area contributed by atoms with Gasteiger partial charge in [-0.3, -0.25) is 9.78 Å². The fraction of sp³-hybridized carbons (Fsp3) is 0.0667. The molecule has 0 atom stereocenters. The van der Waals surface area contributed by atoms with Gasteiger partial charge < -0.3 is 9.15 Å². The first-order valence-corrected chi connectivity index (χ1v) is 6.35. The van der Waals surface area contributed by atoms with Crippen LogP contribution >= 0.6 is 11.6 Å². The third-order valence-electron chi connectivity index (χ3n) is 2.75. The quantitative estimate of drug-likeness (QED) is 0.686. The lowest BCUT2D eigenvalue weighted by Gasteiger charge is -2.03. The zero-order chi connectivity index (χ0) is 13.9. The van der Waals surface area contributed by atoms with Gasteiger partial charge in [0.2, 0.25) is 5.78 Å². The van der Waals surface area contributed by atoms with Gasteiger partial charge in [0, 0.05) is 17.6 Å². The fourth-order valence-electron chi connectivity index (χ4n) is 1.81. The van der Waals surface area contributed by atoms with E-state index in [0.717, 1.165) is 5.39 Å². The van der Waals surface area contributed by atoms with Gasteiger partial charge >= 0.3 is 0 Å². The SMILES string of the molecule is O=C(COc1cncc(Cl)c1)c1cc2ccccc2o1. The molecule has 2 aromatic heterocycles. The number of para-hydroxylation sites is 1. The highest BCUT2D eigenvalue weighted by atomic mass is 35.5. The molecule has 0 aliphatic heterocycles. The van der Waals surface area contributed by atoms with Crippen molar-refractivity contribution in [2.75, 3.05) is 6.61 Å². The van der Waals surface area contributed by atoms with Crippen molar-refractivity contribution in [1.29, 1.82) is 0 Å². The van der Waals surface area contributed by atoms with Crippen molar-refractivity contribution in [2.24, 2.45) is 0 Å². The third kappa shape index (κ3) is 2.65. The second-order valence-electron chi connectivity index (χ2n) is 4.20. The second-order valence-corrected chi connectivity index (χ2v) is 4.64. The molecule has 0 bridgehead atoms. The van der Waals surface area contributed by atoms with E-state index in [4.69, 9.17) is 20.8 Å². The molecule has 0 aliphatic carbocycles. The van der Waals surface area contributed by atoms with Gasteiger partial charge in [-0.1, -0.05) is 29.8 Å².